The Morgan fingerprint density at radius 1 is 1.00 bits per heavy atom. The van der Waals surface area contributed by atoms with Gasteiger partial charge in [-0.05, 0) is 18.1 Å². The van der Waals surface area contributed by atoms with Gasteiger partial charge in [-0.3, -0.25) is 0 Å². The lowest BCUT2D eigenvalue weighted by Crippen LogP contribution is -2.26. The number of rotatable bonds is 3. The van der Waals surface area contributed by atoms with E-state index >= 15 is 0 Å². The number of benzene rings is 1. The van der Waals surface area contributed by atoms with Crippen molar-refractivity contribution < 1.29 is 19.1 Å². The molecule has 0 atom stereocenters. The molecule has 0 fully saturated rings. The van der Waals surface area contributed by atoms with Gasteiger partial charge in [0.2, 0.25) is 0 Å². The number of aryl methyl sites for hydroxylation is 1. The van der Waals surface area contributed by atoms with Crippen LogP contribution in [0.15, 0.2) is 47.8 Å². The quantitative estimate of drug-likeness (QED) is 0.859. The fourth-order valence-electron chi connectivity index (χ4n) is 2.39. The van der Waals surface area contributed by atoms with E-state index in [0.717, 1.165) is 11.1 Å². The summed E-state index contributed by atoms with van der Waals surface area (Å²) in [5, 5.41) is 2.81. The number of hydrogen-bond donors (Lipinski definition) is 1. The van der Waals surface area contributed by atoms with Gasteiger partial charge >= 0.3 is 11.9 Å². The van der Waals surface area contributed by atoms with Gasteiger partial charge < -0.3 is 14.8 Å². The lowest BCUT2D eigenvalue weighted by atomic mass is 9.82. The van der Waals surface area contributed by atoms with Crippen LogP contribution in [0.1, 0.15) is 17.0 Å². The molecule has 0 amide bonds. The summed E-state index contributed by atoms with van der Waals surface area (Å²) in [5.41, 5.74) is 2.59. The minimum atomic E-state index is -0.507. The molecule has 110 valence electrons. The van der Waals surface area contributed by atoms with E-state index in [9.17, 15) is 9.59 Å². The van der Waals surface area contributed by atoms with E-state index in [1.807, 2.05) is 31.2 Å². The normalized spacial score (nSPS) is 14.6. The highest BCUT2D eigenvalue weighted by Gasteiger charge is 2.34. The van der Waals surface area contributed by atoms with Crippen molar-refractivity contribution in [2.75, 3.05) is 14.2 Å². The van der Waals surface area contributed by atoms with Gasteiger partial charge in [-0.2, -0.15) is 0 Å². The maximum absolute atomic E-state index is 12.0. The molecule has 1 heterocycles. The minimum Gasteiger partial charge on any atom is -0.466 e. The predicted molar refractivity (Wildman–Crippen MR) is 77.3 cm³/mol. The summed E-state index contributed by atoms with van der Waals surface area (Å²) in [6.45, 7) is 1.93. The molecule has 1 aromatic carbocycles. The minimum absolute atomic E-state index is 0.370. The average Bonchev–Trinajstić information content (AvgIpc) is 2.53. The lowest BCUT2D eigenvalue weighted by molar-refractivity contribution is -0.137. The van der Waals surface area contributed by atoms with Crippen LogP contribution in [0.2, 0.25) is 0 Å². The number of carbonyl (C=O) groups is 2. The largest absolute Gasteiger partial charge is 0.466 e. The van der Waals surface area contributed by atoms with Crippen molar-refractivity contribution in [3.63, 3.8) is 0 Å². The summed E-state index contributed by atoms with van der Waals surface area (Å²) in [6.07, 6.45) is 3.10. The number of esters is 2. The highest BCUT2D eigenvalue weighted by molar-refractivity contribution is 5.98. The molecule has 0 spiro atoms. The van der Waals surface area contributed by atoms with Crippen LogP contribution in [0.3, 0.4) is 0 Å². The molecule has 5 heteroatoms. The van der Waals surface area contributed by atoms with Crippen LogP contribution in [-0.4, -0.2) is 26.2 Å². The molecule has 1 aliphatic heterocycles. The first kappa shape index (κ1) is 14.8. The first-order valence-electron chi connectivity index (χ1n) is 6.48. The summed E-state index contributed by atoms with van der Waals surface area (Å²) >= 11 is 0. The molecule has 5 nitrogen and oxygen atoms in total. The Hall–Kier alpha value is -2.56. The molecule has 0 saturated carbocycles. The maximum atomic E-state index is 12.0. The van der Waals surface area contributed by atoms with Crippen molar-refractivity contribution in [2.45, 2.75) is 12.8 Å². The van der Waals surface area contributed by atoms with Gasteiger partial charge in [0.05, 0.1) is 31.3 Å². The van der Waals surface area contributed by atoms with Crippen molar-refractivity contribution in [3.05, 3.63) is 58.9 Å². The lowest BCUT2D eigenvalue weighted by Gasteiger charge is -2.25. The van der Waals surface area contributed by atoms with Gasteiger partial charge in [0, 0.05) is 12.4 Å². The number of dihydropyridines is 1. The Bertz CT molecular complexity index is 599. The molecular formula is C16H17NO4. The topological polar surface area (TPSA) is 64.6 Å². The van der Waals surface area contributed by atoms with Crippen LogP contribution in [0, 0.1) is 6.92 Å². The smallest absolute Gasteiger partial charge is 0.336 e. The van der Waals surface area contributed by atoms with Crippen LogP contribution in [0.25, 0.3) is 0 Å². The molecule has 0 bridgehead atoms. The molecule has 1 aliphatic rings. The zero-order valence-corrected chi connectivity index (χ0v) is 12.2. The molecule has 0 unspecified atom stereocenters. The van der Waals surface area contributed by atoms with Crippen molar-refractivity contribution in [1.82, 2.24) is 5.32 Å². The Kier molecular flexibility index (Phi) is 4.42. The third-order valence-corrected chi connectivity index (χ3v) is 3.44. The Balaban J connectivity index is 2.55. The van der Waals surface area contributed by atoms with E-state index in [4.69, 9.17) is 9.47 Å². The third kappa shape index (κ3) is 2.81. The molecule has 1 aromatic rings. The average molecular weight is 287 g/mol. The molecule has 21 heavy (non-hydrogen) atoms. The van der Waals surface area contributed by atoms with Crippen LogP contribution in [0.5, 0.6) is 0 Å². The van der Waals surface area contributed by atoms with Gasteiger partial charge in [-0.1, -0.05) is 24.3 Å². The second kappa shape index (κ2) is 6.26. The molecule has 0 aliphatic carbocycles. The van der Waals surface area contributed by atoms with E-state index in [2.05, 4.69) is 5.32 Å². The molecule has 0 aromatic heterocycles. The van der Waals surface area contributed by atoms with Crippen molar-refractivity contribution in [3.8, 4) is 0 Å². The van der Waals surface area contributed by atoms with Gasteiger partial charge in [-0.15, -0.1) is 0 Å². The fraction of sp³-hybridized carbons (Fsp3) is 0.250. The second-order valence-electron chi connectivity index (χ2n) is 4.64. The van der Waals surface area contributed by atoms with Crippen LogP contribution in [0.4, 0.5) is 0 Å². The van der Waals surface area contributed by atoms with E-state index in [0.29, 0.717) is 11.1 Å². The number of ether oxygens (including phenoxy) is 2. The first-order chi connectivity index (χ1) is 10.1. The van der Waals surface area contributed by atoms with Crippen LogP contribution >= 0.6 is 0 Å². The number of hydrogen-bond acceptors (Lipinski definition) is 5. The van der Waals surface area contributed by atoms with E-state index in [1.54, 1.807) is 12.4 Å². The molecule has 1 N–H and O–H groups in total. The highest BCUT2D eigenvalue weighted by atomic mass is 16.5. The zero-order chi connectivity index (χ0) is 15.4. The fourth-order valence-corrected chi connectivity index (χ4v) is 2.39. The second-order valence-corrected chi connectivity index (χ2v) is 4.64. The van der Waals surface area contributed by atoms with Crippen LogP contribution < -0.4 is 5.32 Å². The standard InChI is InChI=1S/C16H17NO4/c1-10-6-4-5-7-11(10)14-12(15(18)20-2)8-17-9-13(14)16(19)21-3/h4-9,14,17H,1-3H3. The molecular weight excluding hydrogens is 270 g/mol. The Morgan fingerprint density at radius 3 is 2.00 bits per heavy atom. The van der Waals surface area contributed by atoms with Crippen LogP contribution in [-0.2, 0) is 19.1 Å². The number of carbonyl (C=O) groups excluding carboxylic acids is 2. The monoisotopic (exact) mass is 287 g/mol. The third-order valence-electron chi connectivity index (χ3n) is 3.44. The van der Waals surface area contributed by atoms with Crippen molar-refractivity contribution in [1.29, 1.82) is 0 Å². The number of nitrogens with one attached hydrogen (secondary N) is 1. The van der Waals surface area contributed by atoms with Crippen molar-refractivity contribution in [2.24, 2.45) is 0 Å². The summed E-state index contributed by atoms with van der Waals surface area (Å²) in [7, 11) is 2.63. The summed E-state index contributed by atoms with van der Waals surface area (Å²) in [4.78, 5) is 24.0. The Labute approximate surface area is 123 Å². The van der Waals surface area contributed by atoms with E-state index < -0.39 is 17.9 Å². The van der Waals surface area contributed by atoms with Gasteiger partial charge in [0.15, 0.2) is 0 Å². The first-order valence-corrected chi connectivity index (χ1v) is 6.48. The molecule has 0 saturated heterocycles. The maximum Gasteiger partial charge on any atom is 0.336 e. The molecule has 2 rings (SSSR count). The van der Waals surface area contributed by atoms with Gasteiger partial charge in [-0.25, -0.2) is 9.59 Å². The predicted octanol–water partition coefficient (Wildman–Crippen LogP) is 1.80. The SMILES string of the molecule is COC(=O)C1=CNC=C(C(=O)OC)C1c1ccccc1C. The summed E-state index contributed by atoms with van der Waals surface area (Å²) < 4.78 is 9.63. The summed E-state index contributed by atoms with van der Waals surface area (Å²) in [5.74, 6) is -1.47. The Morgan fingerprint density at radius 2 is 1.52 bits per heavy atom. The molecule has 0 radical (unpaired) electrons. The highest BCUT2D eigenvalue weighted by Crippen LogP contribution is 2.36. The van der Waals surface area contributed by atoms with E-state index in [-0.39, 0.29) is 0 Å². The van der Waals surface area contributed by atoms with Crippen molar-refractivity contribution >= 4 is 11.9 Å². The van der Waals surface area contributed by atoms with Gasteiger partial charge in [0.1, 0.15) is 0 Å². The summed E-state index contributed by atoms with van der Waals surface area (Å²) in [6, 6.07) is 7.59. The number of methoxy groups -OCH3 is 2. The van der Waals surface area contributed by atoms with Gasteiger partial charge in [0.25, 0.3) is 0 Å². The zero-order valence-electron chi connectivity index (χ0n) is 12.2. The van der Waals surface area contributed by atoms with E-state index in [1.165, 1.54) is 14.2 Å².